The molecule has 4 nitrogen and oxygen atoms in total. The Bertz CT molecular complexity index is 983. The molecular formula is C19H16F2N2O2. The number of benzene rings is 2. The zero-order valence-corrected chi connectivity index (χ0v) is 13.8. The fourth-order valence-corrected chi connectivity index (χ4v) is 2.54. The first-order valence-electron chi connectivity index (χ1n) is 7.69. The molecule has 0 saturated carbocycles. The molecule has 25 heavy (non-hydrogen) atoms. The zero-order valence-electron chi connectivity index (χ0n) is 13.8. The van der Waals surface area contributed by atoms with E-state index in [2.05, 4.69) is 4.98 Å². The van der Waals surface area contributed by atoms with Gasteiger partial charge in [0, 0.05) is 11.6 Å². The molecule has 0 aliphatic heterocycles. The van der Waals surface area contributed by atoms with Crippen molar-refractivity contribution in [2.45, 2.75) is 20.5 Å². The third kappa shape index (κ3) is 3.57. The van der Waals surface area contributed by atoms with E-state index in [0.29, 0.717) is 5.82 Å². The maximum absolute atomic E-state index is 13.6. The normalized spacial score (nSPS) is 10.7. The van der Waals surface area contributed by atoms with Crippen molar-refractivity contribution in [1.29, 1.82) is 0 Å². The van der Waals surface area contributed by atoms with E-state index in [0.717, 1.165) is 23.4 Å². The molecule has 0 fully saturated rings. The Labute approximate surface area is 143 Å². The number of para-hydroxylation sites is 1. The lowest BCUT2D eigenvalue weighted by atomic mass is 10.2. The number of rotatable bonds is 4. The van der Waals surface area contributed by atoms with Crippen molar-refractivity contribution in [3.05, 3.63) is 87.5 Å². The van der Waals surface area contributed by atoms with Gasteiger partial charge in [-0.1, -0.05) is 18.2 Å². The van der Waals surface area contributed by atoms with Crippen LogP contribution in [0.15, 0.2) is 53.3 Å². The number of hydrogen-bond acceptors (Lipinski definition) is 3. The SMILES string of the molecule is Cc1ccccc1-n1c(C)nc(OCc2ccc(F)cc2F)cc1=O. The molecule has 0 amide bonds. The standard InChI is InChI=1S/C19H16F2N2O2/c1-12-5-3-4-6-17(12)23-13(2)22-18(10-19(23)24)25-11-14-7-8-15(20)9-16(14)21/h3-10H,11H2,1-2H3. The van der Waals surface area contributed by atoms with Gasteiger partial charge in [0.05, 0.1) is 11.8 Å². The fraction of sp³-hybridized carbons (Fsp3) is 0.158. The van der Waals surface area contributed by atoms with Gasteiger partial charge in [0.25, 0.3) is 5.56 Å². The summed E-state index contributed by atoms with van der Waals surface area (Å²) in [4.78, 5) is 16.7. The van der Waals surface area contributed by atoms with Crippen LogP contribution in [0.1, 0.15) is 17.0 Å². The van der Waals surface area contributed by atoms with Crippen molar-refractivity contribution in [1.82, 2.24) is 9.55 Å². The van der Waals surface area contributed by atoms with E-state index in [1.165, 1.54) is 16.7 Å². The summed E-state index contributed by atoms with van der Waals surface area (Å²) in [5.41, 5.74) is 1.57. The average molecular weight is 342 g/mol. The van der Waals surface area contributed by atoms with E-state index in [1.54, 1.807) is 6.92 Å². The number of aryl methyl sites for hydroxylation is 2. The molecule has 0 N–H and O–H groups in total. The van der Waals surface area contributed by atoms with Gasteiger partial charge in [0.2, 0.25) is 5.88 Å². The molecule has 0 radical (unpaired) electrons. The highest BCUT2D eigenvalue weighted by Gasteiger charge is 2.11. The predicted octanol–water partition coefficient (Wildman–Crippen LogP) is 3.71. The largest absolute Gasteiger partial charge is 0.472 e. The Hall–Kier alpha value is -3.02. The Morgan fingerprint density at radius 3 is 2.52 bits per heavy atom. The summed E-state index contributed by atoms with van der Waals surface area (Å²) in [7, 11) is 0. The molecule has 6 heteroatoms. The van der Waals surface area contributed by atoms with Gasteiger partial charge in [-0.05, 0) is 37.6 Å². The maximum atomic E-state index is 13.6. The first-order valence-corrected chi connectivity index (χ1v) is 7.69. The van der Waals surface area contributed by atoms with Crippen molar-refractivity contribution in [2.24, 2.45) is 0 Å². The van der Waals surface area contributed by atoms with Crippen LogP contribution in [0.25, 0.3) is 5.69 Å². The van der Waals surface area contributed by atoms with Crippen LogP contribution in [-0.4, -0.2) is 9.55 Å². The predicted molar refractivity (Wildman–Crippen MR) is 90.0 cm³/mol. The van der Waals surface area contributed by atoms with Crippen LogP contribution in [-0.2, 0) is 6.61 Å². The van der Waals surface area contributed by atoms with Crippen LogP contribution in [0.2, 0.25) is 0 Å². The van der Waals surface area contributed by atoms with Gasteiger partial charge in [-0.15, -0.1) is 0 Å². The lowest BCUT2D eigenvalue weighted by Crippen LogP contribution is -2.22. The molecule has 0 aliphatic carbocycles. The fourth-order valence-electron chi connectivity index (χ4n) is 2.54. The molecule has 3 rings (SSSR count). The summed E-state index contributed by atoms with van der Waals surface area (Å²) >= 11 is 0. The number of aromatic nitrogens is 2. The third-order valence-electron chi connectivity index (χ3n) is 3.81. The van der Waals surface area contributed by atoms with Crippen LogP contribution in [0.3, 0.4) is 0 Å². The first-order chi connectivity index (χ1) is 12.0. The van der Waals surface area contributed by atoms with E-state index < -0.39 is 11.6 Å². The van der Waals surface area contributed by atoms with Gasteiger partial charge in [0.15, 0.2) is 0 Å². The molecular weight excluding hydrogens is 326 g/mol. The van der Waals surface area contributed by atoms with Crippen molar-refractivity contribution in [3.63, 3.8) is 0 Å². The van der Waals surface area contributed by atoms with E-state index in [-0.39, 0.29) is 23.6 Å². The summed E-state index contributed by atoms with van der Waals surface area (Å²) in [6.07, 6.45) is 0. The second-order valence-corrected chi connectivity index (χ2v) is 5.63. The van der Waals surface area contributed by atoms with Crippen molar-refractivity contribution >= 4 is 0 Å². The monoisotopic (exact) mass is 342 g/mol. The maximum Gasteiger partial charge on any atom is 0.261 e. The van der Waals surface area contributed by atoms with E-state index in [4.69, 9.17) is 4.74 Å². The molecule has 0 bridgehead atoms. The minimum atomic E-state index is -0.704. The first kappa shape index (κ1) is 16.8. The van der Waals surface area contributed by atoms with E-state index >= 15 is 0 Å². The van der Waals surface area contributed by atoms with Crippen LogP contribution in [0.5, 0.6) is 5.88 Å². The topological polar surface area (TPSA) is 44.1 Å². The van der Waals surface area contributed by atoms with Crippen molar-refractivity contribution < 1.29 is 13.5 Å². The molecule has 0 saturated heterocycles. The Balaban J connectivity index is 1.88. The third-order valence-corrected chi connectivity index (χ3v) is 3.81. The van der Waals surface area contributed by atoms with Crippen molar-refractivity contribution in [3.8, 4) is 11.6 Å². The molecule has 0 aliphatic rings. The summed E-state index contributed by atoms with van der Waals surface area (Å²) in [5.74, 6) is -0.812. The second-order valence-electron chi connectivity index (χ2n) is 5.63. The molecule has 0 unspecified atom stereocenters. The highest BCUT2D eigenvalue weighted by molar-refractivity contribution is 5.41. The van der Waals surface area contributed by atoms with E-state index in [9.17, 15) is 13.6 Å². The quantitative estimate of drug-likeness (QED) is 0.726. The Kier molecular flexibility index (Phi) is 4.61. The van der Waals surface area contributed by atoms with Crippen LogP contribution in [0, 0.1) is 25.5 Å². The molecule has 0 atom stereocenters. The van der Waals surface area contributed by atoms with Gasteiger partial charge >= 0.3 is 0 Å². The van der Waals surface area contributed by atoms with Crippen molar-refractivity contribution in [2.75, 3.05) is 0 Å². The smallest absolute Gasteiger partial charge is 0.261 e. The van der Waals surface area contributed by atoms with Gasteiger partial charge in [-0.25, -0.2) is 8.78 Å². The Morgan fingerprint density at radius 2 is 1.84 bits per heavy atom. The molecule has 128 valence electrons. The lowest BCUT2D eigenvalue weighted by molar-refractivity contribution is 0.285. The second kappa shape index (κ2) is 6.84. The minimum Gasteiger partial charge on any atom is -0.472 e. The molecule has 3 aromatic rings. The lowest BCUT2D eigenvalue weighted by Gasteiger charge is -2.13. The van der Waals surface area contributed by atoms with Gasteiger partial charge in [-0.3, -0.25) is 9.36 Å². The number of nitrogens with zero attached hydrogens (tertiary/aromatic N) is 2. The highest BCUT2D eigenvalue weighted by Crippen LogP contribution is 2.16. The van der Waals surface area contributed by atoms with E-state index in [1.807, 2.05) is 31.2 Å². The molecule has 1 heterocycles. The van der Waals surface area contributed by atoms with Crippen LogP contribution in [0.4, 0.5) is 8.78 Å². The molecule has 2 aromatic carbocycles. The summed E-state index contributed by atoms with van der Waals surface area (Å²) < 4.78 is 33.4. The average Bonchev–Trinajstić information content (AvgIpc) is 2.55. The number of hydrogen-bond donors (Lipinski definition) is 0. The van der Waals surface area contributed by atoms with Gasteiger partial charge in [-0.2, -0.15) is 4.98 Å². The van der Waals surface area contributed by atoms with Gasteiger partial charge in [0.1, 0.15) is 24.1 Å². The molecule has 1 aromatic heterocycles. The Morgan fingerprint density at radius 1 is 1.08 bits per heavy atom. The molecule has 0 spiro atoms. The zero-order chi connectivity index (χ0) is 18.0. The van der Waals surface area contributed by atoms with Crippen LogP contribution < -0.4 is 10.3 Å². The summed E-state index contributed by atoms with van der Waals surface area (Å²) in [6, 6.07) is 12.0. The summed E-state index contributed by atoms with van der Waals surface area (Å²) in [6.45, 7) is 3.45. The van der Waals surface area contributed by atoms with Crippen LogP contribution >= 0.6 is 0 Å². The minimum absolute atomic E-state index is 0.0936. The van der Waals surface area contributed by atoms with Gasteiger partial charge < -0.3 is 4.74 Å². The summed E-state index contributed by atoms with van der Waals surface area (Å²) in [5, 5.41) is 0. The number of halogens is 2. The highest BCUT2D eigenvalue weighted by atomic mass is 19.1. The number of ether oxygens (including phenoxy) is 1.